The van der Waals surface area contributed by atoms with Crippen LogP contribution in [0.3, 0.4) is 0 Å². The first-order valence-corrected chi connectivity index (χ1v) is 8.77. The third-order valence-corrected chi connectivity index (χ3v) is 4.50. The first-order chi connectivity index (χ1) is 12.6. The highest BCUT2D eigenvalue weighted by Gasteiger charge is 2.30. The summed E-state index contributed by atoms with van der Waals surface area (Å²) in [4.78, 5) is 13.2. The van der Waals surface area contributed by atoms with Crippen LogP contribution < -0.4 is 0 Å². The van der Waals surface area contributed by atoms with E-state index in [1.165, 1.54) is 0 Å². The van der Waals surface area contributed by atoms with Crippen molar-refractivity contribution in [2.45, 2.75) is 25.8 Å². The van der Waals surface area contributed by atoms with Gasteiger partial charge in [0.25, 0.3) is 0 Å². The van der Waals surface area contributed by atoms with Gasteiger partial charge in [-0.2, -0.15) is 5.26 Å². The summed E-state index contributed by atoms with van der Waals surface area (Å²) in [7, 11) is 0. The highest BCUT2D eigenvalue weighted by Crippen LogP contribution is 2.42. The Hall–Kier alpha value is -2.91. The van der Waals surface area contributed by atoms with Crippen molar-refractivity contribution in [1.29, 1.82) is 5.26 Å². The molecule has 6 nitrogen and oxygen atoms in total. The van der Waals surface area contributed by atoms with Gasteiger partial charge in [0.1, 0.15) is 17.3 Å². The lowest BCUT2D eigenvalue weighted by Crippen LogP contribution is -2.04. The van der Waals surface area contributed by atoms with E-state index >= 15 is 0 Å². The van der Waals surface area contributed by atoms with Crippen LogP contribution in [0, 0.1) is 11.3 Å². The van der Waals surface area contributed by atoms with Gasteiger partial charge in [-0.15, -0.1) is 0 Å². The van der Waals surface area contributed by atoms with E-state index in [-0.39, 0.29) is 5.28 Å². The predicted octanol–water partition coefficient (Wildman–Crippen LogP) is 4.36. The van der Waals surface area contributed by atoms with Crippen LogP contribution in [-0.2, 0) is 4.74 Å². The van der Waals surface area contributed by atoms with Gasteiger partial charge in [-0.3, -0.25) is 0 Å². The van der Waals surface area contributed by atoms with Crippen LogP contribution >= 0.6 is 11.6 Å². The van der Waals surface area contributed by atoms with Gasteiger partial charge in [-0.1, -0.05) is 6.58 Å². The van der Waals surface area contributed by atoms with Crippen LogP contribution in [0.2, 0.25) is 5.28 Å². The predicted molar refractivity (Wildman–Crippen MR) is 99.4 cm³/mol. The molecule has 0 aliphatic heterocycles. The fraction of sp³-hybridized carbons (Fsp3) is 0.263. The number of hydrogen-bond donors (Lipinski definition) is 0. The smallest absolute Gasteiger partial charge is 0.223 e. The third-order valence-electron chi connectivity index (χ3n) is 4.31. The van der Waals surface area contributed by atoms with Gasteiger partial charge in [0.15, 0.2) is 0 Å². The Morgan fingerprint density at radius 3 is 2.92 bits per heavy atom. The zero-order chi connectivity index (χ0) is 18.3. The molecule has 0 saturated heterocycles. The number of nitrogens with zero attached hydrogens (tertiary/aromatic N) is 5. The summed E-state index contributed by atoms with van der Waals surface area (Å²) >= 11 is 6.00. The monoisotopic (exact) mass is 365 g/mol. The van der Waals surface area contributed by atoms with E-state index in [0.717, 1.165) is 35.3 Å². The van der Waals surface area contributed by atoms with Crippen molar-refractivity contribution in [2.75, 3.05) is 6.61 Å². The second-order valence-corrected chi connectivity index (χ2v) is 6.45. The topological polar surface area (TPSA) is 76.6 Å². The molecule has 0 amide bonds. The number of benzene rings is 1. The molecule has 4 rings (SSSR count). The van der Waals surface area contributed by atoms with Gasteiger partial charge in [-0.05, 0) is 49.6 Å². The second kappa shape index (κ2) is 6.43. The van der Waals surface area contributed by atoms with Gasteiger partial charge in [-0.25, -0.2) is 15.0 Å². The summed E-state index contributed by atoms with van der Waals surface area (Å²) in [6.07, 6.45) is 3.80. The highest BCUT2D eigenvalue weighted by molar-refractivity contribution is 6.28. The van der Waals surface area contributed by atoms with Crippen molar-refractivity contribution in [3.63, 3.8) is 0 Å². The molecule has 1 saturated carbocycles. The van der Waals surface area contributed by atoms with Gasteiger partial charge >= 0.3 is 0 Å². The molecule has 0 spiro atoms. The van der Waals surface area contributed by atoms with Gasteiger partial charge in [0.2, 0.25) is 5.28 Å². The second-order valence-electron chi connectivity index (χ2n) is 6.11. The molecular formula is C19H16ClN5O. The maximum absolute atomic E-state index is 9.23. The summed E-state index contributed by atoms with van der Waals surface area (Å²) in [5.74, 6) is 1.17. The fourth-order valence-corrected chi connectivity index (χ4v) is 3.17. The summed E-state index contributed by atoms with van der Waals surface area (Å²) < 4.78 is 7.71. The first kappa shape index (κ1) is 16.6. The molecular weight excluding hydrogens is 350 g/mol. The highest BCUT2D eigenvalue weighted by atomic mass is 35.5. The Kier molecular flexibility index (Phi) is 4.09. The zero-order valence-electron chi connectivity index (χ0n) is 14.2. The average Bonchev–Trinajstić information content (AvgIpc) is 3.41. The van der Waals surface area contributed by atoms with Gasteiger partial charge in [0.05, 0.1) is 34.8 Å². The van der Waals surface area contributed by atoms with Crippen molar-refractivity contribution >= 4 is 28.4 Å². The van der Waals surface area contributed by atoms with Gasteiger partial charge < -0.3 is 9.30 Å². The molecule has 130 valence electrons. The van der Waals surface area contributed by atoms with E-state index in [1.807, 2.05) is 19.1 Å². The molecule has 3 aromatic rings. The fourth-order valence-electron chi connectivity index (χ4n) is 3.03. The molecule has 2 heterocycles. The molecule has 0 atom stereocenters. The Morgan fingerprint density at radius 2 is 2.23 bits per heavy atom. The molecule has 2 aromatic heterocycles. The van der Waals surface area contributed by atoms with Crippen LogP contribution in [0.4, 0.5) is 0 Å². The molecule has 1 aliphatic rings. The van der Waals surface area contributed by atoms with Crippen LogP contribution in [0.15, 0.2) is 31.0 Å². The van der Waals surface area contributed by atoms with Crippen LogP contribution in [0.1, 0.15) is 37.1 Å². The summed E-state index contributed by atoms with van der Waals surface area (Å²) in [5, 5.41) is 9.36. The molecule has 7 heteroatoms. The molecule has 1 aliphatic carbocycles. The normalized spacial score (nSPS) is 13.6. The molecule has 1 fully saturated rings. The Labute approximate surface area is 155 Å². The van der Waals surface area contributed by atoms with E-state index in [1.54, 1.807) is 12.3 Å². The van der Waals surface area contributed by atoms with Crippen molar-refractivity contribution in [2.24, 2.45) is 0 Å². The van der Waals surface area contributed by atoms with Crippen LogP contribution in [0.5, 0.6) is 0 Å². The van der Waals surface area contributed by atoms with E-state index in [2.05, 4.69) is 27.2 Å². The largest absolute Gasteiger partial charge is 0.492 e. The van der Waals surface area contributed by atoms with E-state index in [0.29, 0.717) is 29.7 Å². The zero-order valence-corrected chi connectivity index (χ0v) is 15.0. The Balaban J connectivity index is 1.96. The van der Waals surface area contributed by atoms with E-state index in [4.69, 9.17) is 21.3 Å². The van der Waals surface area contributed by atoms with Crippen LogP contribution in [0.25, 0.3) is 28.2 Å². The van der Waals surface area contributed by atoms with Crippen LogP contribution in [-0.4, -0.2) is 26.1 Å². The lowest BCUT2D eigenvalue weighted by molar-refractivity contribution is 0.298. The quantitative estimate of drug-likeness (QED) is 0.496. The first-order valence-electron chi connectivity index (χ1n) is 8.39. The van der Waals surface area contributed by atoms with Gasteiger partial charge in [0, 0.05) is 12.2 Å². The molecule has 1 aromatic carbocycles. The van der Waals surface area contributed by atoms with Crippen molar-refractivity contribution < 1.29 is 4.74 Å². The minimum absolute atomic E-state index is 0.130. The average molecular weight is 366 g/mol. The maximum Gasteiger partial charge on any atom is 0.223 e. The van der Waals surface area contributed by atoms with Crippen molar-refractivity contribution in [3.8, 4) is 17.5 Å². The summed E-state index contributed by atoms with van der Waals surface area (Å²) in [5.41, 5.74) is 3.62. The molecule has 0 unspecified atom stereocenters. The number of nitriles is 1. The minimum atomic E-state index is 0.130. The third kappa shape index (κ3) is 2.80. The number of fused-ring (bicyclic) bond motifs is 1. The maximum atomic E-state index is 9.23. The number of ether oxygens (including phenoxy) is 1. The molecule has 26 heavy (non-hydrogen) atoms. The lowest BCUT2D eigenvalue weighted by Gasteiger charge is -2.13. The number of hydrogen-bond acceptors (Lipinski definition) is 5. The SMILES string of the molecule is C=C(OCC)c1nc(Cl)ncc1-c1nc2ccc(C#N)cc2n1C1CC1. The van der Waals surface area contributed by atoms with E-state index in [9.17, 15) is 5.26 Å². The standard InChI is InChI=1S/C19H16ClN5O/c1-3-26-11(2)17-14(10-22-19(20)24-17)18-23-15-7-4-12(9-21)8-16(15)25(18)13-5-6-13/h4,7-8,10,13H,2-3,5-6H2,1H3. The molecule has 0 radical (unpaired) electrons. The molecule has 0 bridgehead atoms. The number of imidazole rings is 1. The molecule has 0 N–H and O–H groups in total. The van der Waals surface area contributed by atoms with Crippen molar-refractivity contribution in [1.82, 2.24) is 19.5 Å². The summed E-state index contributed by atoms with van der Waals surface area (Å²) in [6, 6.07) is 8.06. The number of aromatic nitrogens is 4. The van der Waals surface area contributed by atoms with Crippen molar-refractivity contribution in [3.05, 3.63) is 47.5 Å². The summed E-state index contributed by atoms with van der Waals surface area (Å²) in [6.45, 7) is 6.32. The van der Waals surface area contributed by atoms with E-state index < -0.39 is 0 Å². The Bertz CT molecular complexity index is 1060. The Morgan fingerprint density at radius 1 is 1.42 bits per heavy atom. The number of halogens is 1. The number of rotatable bonds is 5. The minimum Gasteiger partial charge on any atom is -0.492 e. The lowest BCUT2D eigenvalue weighted by atomic mass is 10.2.